The lowest BCUT2D eigenvalue weighted by atomic mass is 9.95. The highest BCUT2D eigenvalue weighted by molar-refractivity contribution is 6.10. The van der Waals surface area contributed by atoms with Crippen LogP contribution in [0.3, 0.4) is 0 Å². The van der Waals surface area contributed by atoms with Gasteiger partial charge < -0.3 is 15.8 Å². The van der Waals surface area contributed by atoms with Crippen molar-refractivity contribution >= 4 is 11.7 Å². The number of ether oxygens (including phenoxy) is 1. The normalized spacial score (nSPS) is 19.0. The molecule has 0 bridgehead atoms. The Labute approximate surface area is 124 Å². The number of amides is 1. The van der Waals surface area contributed by atoms with Gasteiger partial charge in [0.2, 0.25) is 0 Å². The van der Waals surface area contributed by atoms with E-state index in [2.05, 4.69) is 10.3 Å². The minimum atomic E-state index is -0.188. The van der Waals surface area contributed by atoms with Crippen molar-refractivity contribution in [3.05, 3.63) is 29.3 Å². The number of piperidine rings is 1. The van der Waals surface area contributed by atoms with Gasteiger partial charge in [-0.3, -0.25) is 4.79 Å². The molecular weight excluding hydrogens is 266 g/mol. The third kappa shape index (κ3) is 3.24. The molecule has 0 atom stereocenters. The van der Waals surface area contributed by atoms with Crippen molar-refractivity contribution in [3.8, 4) is 5.75 Å². The molecule has 3 rings (SSSR count). The third-order valence-corrected chi connectivity index (χ3v) is 4.20. The van der Waals surface area contributed by atoms with Crippen LogP contribution in [0.5, 0.6) is 5.75 Å². The number of rotatable bonds is 4. The lowest BCUT2D eigenvalue weighted by Crippen LogP contribution is -2.28. The molecule has 5 nitrogen and oxygen atoms in total. The van der Waals surface area contributed by atoms with Crippen molar-refractivity contribution in [3.63, 3.8) is 0 Å². The van der Waals surface area contributed by atoms with Gasteiger partial charge >= 0.3 is 0 Å². The van der Waals surface area contributed by atoms with E-state index in [-0.39, 0.29) is 11.7 Å². The monoisotopic (exact) mass is 287 g/mol. The summed E-state index contributed by atoms with van der Waals surface area (Å²) in [7, 11) is 0. The Morgan fingerprint density at radius 1 is 1.33 bits per heavy atom. The van der Waals surface area contributed by atoms with Crippen LogP contribution in [0.1, 0.15) is 30.4 Å². The number of carbonyl (C=O) groups is 1. The summed E-state index contributed by atoms with van der Waals surface area (Å²) in [6, 6.07) is 5.72. The maximum absolute atomic E-state index is 11.5. The molecule has 0 radical (unpaired) electrons. The molecule has 2 aliphatic heterocycles. The maximum atomic E-state index is 11.5. The maximum Gasteiger partial charge on any atom is 0.252 e. The molecule has 0 spiro atoms. The topological polar surface area (TPSA) is 76.7 Å². The highest BCUT2D eigenvalue weighted by Gasteiger charge is 2.21. The van der Waals surface area contributed by atoms with Crippen LogP contribution < -0.4 is 15.8 Å². The predicted molar refractivity (Wildman–Crippen MR) is 81.6 cm³/mol. The fourth-order valence-electron chi connectivity index (χ4n) is 3.03. The van der Waals surface area contributed by atoms with Gasteiger partial charge in [-0.05, 0) is 49.9 Å². The van der Waals surface area contributed by atoms with Crippen LogP contribution in [-0.4, -0.2) is 31.4 Å². The first-order valence-electron chi connectivity index (χ1n) is 7.57. The Kier molecular flexibility index (Phi) is 4.20. The van der Waals surface area contributed by atoms with E-state index < -0.39 is 0 Å². The molecule has 0 unspecified atom stereocenters. The molecule has 3 N–H and O–H groups in total. The molecule has 2 heterocycles. The summed E-state index contributed by atoms with van der Waals surface area (Å²) >= 11 is 0. The fraction of sp³-hybridized carbons (Fsp3) is 0.500. The molecular formula is C16H21N3O2. The summed E-state index contributed by atoms with van der Waals surface area (Å²) in [5, 5.41) is 3.37. The van der Waals surface area contributed by atoms with Crippen molar-refractivity contribution in [1.29, 1.82) is 0 Å². The molecule has 112 valence electrons. The van der Waals surface area contributed by atoms with Crippen LogP contribution in [0.4, 0.5) is 0 Å². The number of aliphatic imine (C=N–C) groups is 1. The van der Waals surface area contributed by atoms with Crippen molar-refractivity contribution in [2.45, 2.75) is 25.7 Å². The second kappa shape index (κ2) is 6.26. The van der Waals surface area contributed by atoms with Crippen molar-refractivity contribution in [1.82, 2.24) is 5.32 Å². The minimum absolute atomic E-state index is 0.188. The molecule has 1 fully saturated rings. The number of fused-ring (bicyclic) bond motifs is 1. The Hall–Kier alpha value is -1.88. The number of hydrogen-bond donors (Lipinski definition) is 2. The van der Waals surface area contributed by atoms with Crippen molar-refractivity contribution in [2.75, 3.05) is 19.7 Å². The Balaban J connectivity index is 1.66. The number of nitrogens with two attached hydrogens (primary N) is 1. The summed E-state index contributed by atoms with van der Waals surface area (Å²) in [4.78, 5) is 15.3. The SMILES string of the molecule is NC1=NC(=O)Cc2cccc(OCCC3CCNCC3)c21. The number of carbonyl (C=O) groups excluding carboxylic acids is 1. The molecule has 1 amide bonds. The number of benzene rings is 1. The molecule has 1 saturated heterocycles. The first-order chi connectivity index (χ1) is 10.2. The van der Waals surface area contributed by atoms with Gasteiger partial charge in [0.05, 0.1) is 18.6 Å². The van der Waals surface area contributed by atoms with E-state index in [0.717, 1.165) is 42.3 Å². The summed E-state index contributed by atoms with van der Waals surface area (Å²) in [5.41, 5.74) is 7.60. The van der Waals surface area contributed by atoms with Gasteiger partial charge in [-0.2, -0.15) is 4.99 Å². The van der Waals surface area contributed by atoms with E-state index in [9.17, 15) is 4.79 Å². The Morgan fingerprint density at radius 2 is 2.14 bits per heavy atom. The van der Waals surface area contributed by atoms with Crippen LogP contribution in [0.15, 0.2) is 23.2 Å². The third-order valence-electron chi connectivity index (χ3n) is 4.20. The first-order valence-corrected chi connectivity index (χ1v) is 7.57. The minimum Gasteiger partial charge on any atom is -0.493 e. The quantitative estimate of drug-likeness (QED) is 0.873. The highest BCUT2D eigenvalue weighted by Crippen LogP contribution is 2.26. The predicted octanol–water partition coefficient (Wildman–Crippen LogP) is 1.24. The molecule has 1 aromatic rings. The first kappa shape index (κ1) is 14.1. The zero-order valence-electron chi connectivity index (χ0n) is 12.1. The average molecular weight is 287 g/mol. The lowest BCUT2D eigenvalue weighted by Gasteiger charge is -2.23. The summed E-state index contributed by atoms with van der Waals surface area (Å²) in [6.07, 6.45) is 3.80. The van der Waals surface area contributed by atoms with Crippen LogP contribution in [0, 0.1) is 5.92 Å². The lowest BCUT2D eigenvalue weighted by molar-refractivity contribution is -0.117. The van der Waals surface area contributed by atoms with Gasteiger partial charge in [-0.15, -0.1) is 0 Å². The van der Waals surface area contributed by atoms with Gasteiger partial charge in [0.25, 0.3) is 5.91 Å². The van der Waals surface area contributed by atoms with Gasteiger partial charge in [-0.1, -0.05) is 12.1 Å². The molecule has 2 aliphatic rings. The highest BCUT2D eigenvalue weighted by atomic mass is 16.5. The largest absolute Gasteiger partial charge is 0.493 e. The zero-order valence-corrected chi connectivity index (χ0v) is 12.1. The average Bonchev–Trinajstić information content (AvgIpc) is 2.48. The second-order valence-electron chi connectivity index (χ2n) is 5.69. The number of amidine groups is 1. The molecule has 21 heavy (non-hydrogen) atoms. The van der Waals surface area contributed by atoms with E-state index in [0.29, 0.717) is 13.0 Å². The van der Waals surface area contributed by atoms with E-state index >= 15 is 0 Å². The van der Waals surface area contributed by atoms with Crippen LogP contribution >= 0.6 is 0 Å². The molecule has 0 aliphatic carbocycles. The second-order valence-corrected chi connectivity index (χ2v) is 5.69. The molecule has 0 saturated carbocycles. The smallest absolute Gasteiger partial charge is 0.252 e. The van der Waals surface area contributed by atoms with E-state index in [1.807, 2.05) is 18.2 Å². The van der Waals surface area contributed by atoms with Crippen LogP contribution in [0.25, 0.3) is 0 Å². The van der Waals surface area contributed by atoms with Gasteiger partial charge in [0.1, 0.15) is 11.6 Å². The summed E-state index contributed by atoms with van der Waals surface area (Å²) in [5.74, 6) is 1.57. The van der Waals surface area contributed by atoms with E-state index in [1.165, 1.54) is 12.8 Å². The van der Waals surface area contributed by atoms with Crippen molar-refractivity contribution < 1.29 is 9.53 Å². The van der Waals surface area contributed by atoms with Gasteiger partial charge in [0, 0.05) is 0 Å². The van der Waals surface area contributed by atoms with E-state index in [4.69, 9.17) is 10.5 Å². The summed E-state index contributed by atoms with van der Waals surface area (Å²) < 4.78 is 5.92. The van der Waals surface area contributed by atoms with E-state index in [1.54, 1.807) is 0 Å². The Morgan fingerprint density at radius 3 is 2.95 bits per heavy atom. The summed E-state index contributed by atoms with van der Waals surface area (Å²) in [6.45, 7) is 2.89. The van der Waals surface area contributed by atoms with Gasteiger partial charge in [-0.25, -0.2) is 0 Å². The fourth-order valence-corrected chi connectivity index (χ4v) is 3.03. The zero-order chi connectivity index (χ0) is 14.7. The van der Waals surface area contributed by atoms with Crippen LogP contribution in [-0.2, 0) is 11.2 Å². The number of nitrogens with zero attached hydrogens (tertiary/aromatic N) is 1. The Bertz CT molecular complexity index is 563. The molecule has 5 heteroatoms. The molecule has 0 aromatic heterocycles. The standard InChI is InChI=1S/C16H21N3O2/c17-16-15-12(10-14(20)19-16)2-1-3-13(15)21-9-6-11-4-7-18-8-5-11/h1-3,11,18H,4-10H2,(H2,17,19,20). The number of hydrogen-bond acceptors (Lipinski definition) is 4. The van der Waals surface area contributed by atoms with Gasteiger partial charge in [0.15, 0.2) is 0 Å². The van der Waals surface area contributed by atoms with Crippen LogP contribution in [0.2, 0.25) is 0 Å². The van der Waals surface area contributed by atoms with Crippen molar-refractivity contribution in [2.24, 2.45) is 16.6 Å². The number of nitrogens with one attached hydrogen (secondary N) is 1. The molecule has 1 aromatic carbocycles.